The zero-order chi connectivity index (χ0) is 12.3. The summed E-state index contributed by atoms with van der Waals surface area (Å²) in [4.78, 5) is 2.74. The van der Waals surface area contributed by atoms with E-state index in [1.807, 2.05) is 0 Å². The highest BCUT2D eigenvalue weighted by Gasteiger charge is 2.28. The third-order valence-electron chi connectivity index (χ3n) is 5.06. The molecule has 0 spiro atoms. The Balaban J connectivity index is 1.76. The molecule has 1 aliphatic carbocycles. The van der Waals surface area contributed by atoms with Gasteiger partial charge in [-0.05, 0) is 64.5 Å². The van der Waals surface area contributed by atoms with Crippen molar-refractivity contribution < 1.29 is 0 Å². The lowest BCUT2D eigenvalue weighted by atomic mass is 9.93. The Morgan fingerprint density at radius 1 is 1.12 bits per heavy atom. The predicted octanol–water partition coefficient (Wildman–Crippen LogP) is 2.89. The summed E-state index contributed by atoms with van der Waals surface area (Å²) in [6, 6.07) is 1.62. The van der Waals surface area contributed by atoms with Crippen molar-refractivity contribution in [3.8, 4) is 0 Å². The van der Waals surface area contributed by atoms with E-state index in [4.69, 9.17) is 0 Å². The van der Waals surface area contributed by atoms with E-state index in [0.717, 1.165) is 23.9 Å². The molecule has 17 heavy (non-hydrogen) atoms. The van der Waals surface area contributed by atoms with Gasteiger partial charge in [-0.25, -0.2) is 0 Å². The van der Waals surface area contributed by atoms with Gasteiger partial charge in [0.2, 0.25) is 0 Å². The van der Waals surface area contributed by atoms with Crippen molar-refractivity contribution in [2.45, 2.75) is 64.5 Å². The maximum atomic E-state index is 3.50. The molecule has 1 aliphatic heterocycles. The average molecular weight is 238 g/mol. The first-order valence-electron chi connectivity index (χ1n) is 7.62. The molecule has 2 heteroatoms. The Hall–Kier alpha value is -0.0800. The van der Waals surface area contributed by atoms with Gasteiger partial charge < -0.3 is 10.2 Å². The van der Waals surface area contributed by atoms with Crippen LogP contribution in [0.3, 0.4) is 0 Å². The molecule has 100 valence electrons. The molecule has 1 saturated carbocycles. The molecule has 4 atom stereocenters. The van der Waals surface area contributed by atoms with E-state index >= 15 is 0 Å². The van der Waals surface area contributed by atoms with Gasteiger partial charge in [-0.15, -0.1) is 0 Å². The van der Waals surface area contributed by atoms with Gasteiger partial charge in [0.25, 0.3) is 0 Å². The normalized spacial score (nSPS) is 39.7. The summed E-state index contributed by atoms with van der Waals surface area (Å²) in [6.45, 7) is 7.48. The fourth-order valence-corrected chi connectivity index (χ4v) is 3.79. The summed E-state index contributed by atoms with van der Waals surface area (Å²) in [5.41, 5.74) is 0. The van der Waals surface area contributed by atoms with E-state index in [1.165, 1.54) is 51.6 Å². The molecule has 0 bridgehead atoms. The van der Waals surface area contributed by atoms with Crippen molar-refractivity contribution in [3.05, 3.63) is 0 Å². The first-order valence-corrected chi connectivity index (χ1v) is 7.62. The maximum Gasteiger partial charge on any atom is 0.00928 e. The van der Waals surface area contributed by atoms with Gasteiger partial charge >= 0.3 is 0 Å². The quantitative estimate of drug-likeness (QED) is 0.810. The summed E-state index contributed by atoms with van der Waals surface area (Å²) in [5.74, 6) is 1.85. The van der Waals surface area contributed by atoms with Crippen LogP contribution in [0.2, 0.25) is 0 Å². The first-order chi connectivity index (χ1) is 8.20. The number of hydrogen-bond donors (Lipinski definition) is 1. The summed E-state index contributed by atoms with van der Waals surface area (Å²) >= 11 is 0. The molecule has 0 aromatic rings. The van der Waals surface area contributed by atoms with Gasteiger partial charge in [-0.3, -0.25) is 0 Å². The fourth-order valence-electron chi connectivity index (χ4n) is 3.79. The lowest BCUT2D eigenvalue weighted by Gasteiger charge is -2.37. The van der Waals surface area contributed by atoms with Gasteiger partial charge in [0, 0.05) is 18.6 Å². The van der Waals surface area contributed by atoms with E-state index in [9.17, 15) is 0 Å². The van der Waals surface area contributed by atoms with Crippen LogP contribution in [0.5, 0.6) is 0 Å². The zero-order valence-electron chi connectivity index (χ0n) is 11.9. The molecule has 4 unspecified atom stereocenters. The monoisotopic (exact) mass is 238 g/mol. The minimum atomic E-state index is 0.799. The zero-order valence-corrected chi connectivity index (χ0v) is 11.9. The SMILES string of the molecule is CNC1CCCC1CCN1CC(C)CCC1C. The van der Waals surface area contributed by atoms with Crippen LogP contribution in [-0.2, 0) is 0 Å². The van der Waals surface area contributed by atoms with E-state index in [-0.39, 0.29) is 0 Å². The van der Waals surface area contributed by atoms with Crippen LogP contribution in [-0.4, -0.2) is 37.1 Å². The van der Waals surface area contributed by atoms with Crippen molar-refractivity contribution in [2.75, 3.05) is 20.1 Å². The molecule has 1 saturated heterocycles. The molecular weight excluding hydrogens is 208 g/mol. The van der Waals surface area contributed by atoms with Crippen molar-refractivity contribution in [1.82, 2.24) is 10.2 Å². The van der Waals surface area contributed by atoms with Crippen LogP contribution < -0.4 is 5.32 Å². The number of nitrogens with zero attached hydrogens (tertiary/aromatic N) is 1. The molecule has 2 nitrogen and oxygen atoms in total. The molecule has 2 fully saturated rings. The first kappa shape index (κ1) is 13.4. The molecule has 2 aliphatic rings. The summed E-state index contributed by atoms with van der Waals surface area (Å²) < 4.78 is 0. The van der Waals surface area contributed by atoms with Gasteiger partial charge in [0.1, 0.15) is 0 Å². The van der Waals surface area contributed by atoms with Crippen LogP contribution >= 0.6 is 0 Å². The third kappa shape index (κ3) is 3.45. The maximum absolute atomic E-state index is 3.50. The van der Waals surface area contributed by atoms with Gasteiger partial charge in [0.05, 0.1) is 0 Å². The minimum Gasteiger partial charge on any atom is -0.317 e. The molecule has 1 N–H and O–H groups in total. The molecule has 1 heterocycles. The van der Waals surface area contributed by atoms with Gasteiger partial charge in [-0.2, -0.15) is 0 Å². The summed E-state index contributed by atoms with van der Waals surface area (Å²) in [5, 5.41) is 3.50. The fraction of sp³-hybridized carbons (Fsp3) is 1.00. The van der Waals surface area contributed by atoms with Crippen LogP contribution in [0, 0.1) is 11.8 Å². The van der Waals surface area contributed by atoms with Gasteiger partial charge in [0.15, 0.2) is 0 Å². The topological polar surface area (TPSA) is 15.3 Å². The molecule has 0 radical (unpaired) electrons. The van der Waals surface area contributed by atoms with Crippen LogP contribution in [0.1, 0.15) is 52.4 Å². The van der Waals surface area contributed by atoms with Crippen molar-refractivity contribution >= 4 is 0 Å². The summed E-state index contributed by atoms with van der Waals surface area (Å²) in [6.07, 6.45) is 8.52. The Bertz CT molecular complexity index is 229. The second kappa shape index (κ2) is 6.19. The lowest BCUT2D eigenvalue weighted by molar-refractivity contribution is 0.115. The van der Waals surface area contributed by atoms with Crippen LogP contribution in [0.15, 0.2) is 0 Å². The highest BCUT2D eigenvalue weighted by Crippen LogP contribution is 2.29. The second-order valence-corrected chi connectivity index (χ2v) is 6.40. The van der Waals surface area contributed by atoms with E-state index in [1.54, 1.807) is 0 Å². The minimum absolute atomic E-state index is 0.799. The number of piperidine rings is 1. The Morgan fingerprint density at radius 3 is 2.71 bits per heavy atom. The number of hydrogen-bond acceptors (Lipinski definition) is 2. The molecule has 0 aromatic heterocycles. The Morgan fingerprint density at radius 2 is 1.94 bits per heavy atom. The Kier molecular flexibility index (Phi) is 4.87. The molecule has 0 aromatic carbocycles. The van der Waals surface area contributed by atoms with E-state index < -0.39 is 0 Å². The largest absolute Gasteiger partial charge is 0.317 e. The number of nitrogens with one attached hydrogen (secondary N) is 1. The average Bonchev–Trinajstić information content (AvgIpc) is 2.77. The smallest absolute Gasteiger partial charge is 0.00928 e. The van der Waals surface area contributed by atoms with E-state index in [2.05, 4.69) is 31.1 Å². The van der Waals surface area contributed by atoms with Crippen LogP contribution in [0.25, 0.3) is 0 Å². The Labute approximate surface area is 107 Å². The second-order valence-electron chi connectivity index (χ2n) is 6.40. The standard InChI is InChI=1S/C15H30N2/c1-12-7-8-13(2)17(11-12)10-9-14-5-4-6-15(14)16-3/h12-16H,4-11H2,1-3H3. The predicted molar refractivity (Wildman–Crippen MR) is 74.2 cm³/mol. The van der Waals surface area contributed by atoms with Crippen molar-refractivity contribution in [3.63, 3.8) is 0 Å². The van der Waals surface area contributed by atoms with Gasteiger partial charge in [-0.1, -0.05) is 13.3 Å². The van der Waals surface area contributed by atoms with E-state index in [0.29, 0.717) is 0 Å². The molecule has 2 rings (SSSR count). The lowest BCUT2D eigenvalue weighted by Crippen LogP contribution is -2.42. The van der Waals surface area contributed by atoms with Crippen molar-refractivity contribution in [2.24, 2.45) is 11.8 Å². The molecule has 0 amide bonds. The highest BCUT2D eigenvalue weighted by atomic mass is 15.2. The highest BCUT2D eigenvalue weighted by molar-refractivity contribution is 4.84. The summed E-state index contributed by atoms with van der Waals surface area (Å²) in [7, 11) is 2.13. The molecular formula is C15H30N2. The van der Waals surface area contributed by atoms with Crippen molar-refractivity contribution in [1.29, 1.82) is 0 Å². The number of likely N-dealkylation sites (tertiary alicyclic amines) is 1. The number of rotatable bonds is 4. The third-order valence-corrected chi connectivity index (χ3v) is 5.06. The van der Waals surface area contributed by atoms with Crippen LogP contribution in [0.4, 0.5) is 0 Å².